The Bertz CT molecular complexity index is 697. The normalized spacial score (nSPS) is 27.1. The van der Waals surface area contributed by atoms with Crippen LogP contribution < -0.4 is 0 Å². The van der Waals surface area contributed by atoms with Gasteiger partial charge in [-0.3, -0.25) is 4.98 Å². The molecule has 0 aromatic carbocycles. The van der Waals surface area contributed by atoms with Crippen LogP contribution in [0.3, 0.4) is 0 Å². The smallest absolute Gasteiger partial charge is 0.161 e. The molecule has 0 aliphatic carbocycles. The minimum Gasteiger partial charge on any atom is -0.464 e. The van der Waals surface area contributed by atoms with E-state index in [0.29, 0.717) is 6.04 Å². The first-order chi connectivity index (χ1) is 10.8. The molecule has 22 heavy (non-hydrogen) atoms. The first kappa shape index (κ1) is 13.9. The summed E-state index contributed by atoms with van der Waals surface area (Å²) >= 11 is 1.86. The molecule has 2 aromatic rings. The summed E-state index contributed by atoms with van der Waals surface area (Å²) in [6.07, 6.45) is 2.96. The third kappa shape index (κ3) is 2.15. The summed E-state index contributed by atoms with van der Waals surface area (Å²) in [6.45, 7) is 4.23. The van der Waals surface area contributed by atoms with Crippen LogP contribution in [0.5, 0.6) is 0 Å². The Balaban J connectivity index is 1.78. The van der Waals surface area contributed by atoms with Gasteiger partial charge in [-0.25, -0.2) is 4.99 Å². The van der Waals surface area contributed by atoms with E-state index in [1.54, 1.807) is 0 Å². The first-order valence-electron chi connectivity index (χ1n) is 7.74. The van der Waals surface area contributed by atoms with E-state index >= 15 is 0 Å². The number of aliphatic imine (C=N–C) groups is 1. The van der Waals surface area contributed by atoms with Crippen LogP contribution in [-0.4, -0.2) is 26.8 Å². The first-order valence-corrected chi connectivity index (χ1v) is 8.72. The quantitative estimate of drug-likeness (QED) is 0.860. The predicted molar refractivity (Wildman–Crippen MR) is 89.0 cm³/mol. The van der Waals surface area contributed by atoms with E-state index in [9.17, 15) is 0 Å². The van der Waals surface area contributed by atoms with Gasteiger partial charge in [0.25, 0.3) is 0 Å². The van der Waals surface area contributed by atoms with Crippen molar-refractivity contribution in [2.75, 3.05) is 5.75 Å². The fraction of sp³-hybridized carbons (Fsp3) is 0.412. The van der Waals surface area contributed by atoms with Gasteiger partial charge in [-0.05, 0) is 37.6 Å². The van der Waals surface area contributed by atoms with E-state index in [-0.39, 0.29) is 12.1 Å². The van der Waals surface area contributed by atoms with Crippen molar-refractivity contribution < 1.29 is 4.42 Å². The molecule has 2 aromatic heterocycles. The van der Waals surface area contributed by atoms with Gasteiger partial charge in [0.2, 0.25) is 0 Å². The Morgan fingerprint density at radius 3 is 2.91 bits per heavy atom. The molecule has 3 atom stereocenters. The second-order valence-corrected chi connectivity index (χ2v) is 6.77. The van der Waals surface area contributed by atoms with Gasteiger partial charge in [-0.1, -0.05) is 24.8 Å². The van der Waals surface area contributed by atoms with Crippen LogP contribution in [0.2, 0.25) is 0 Å². The average molecular weight is 313 g/mol. The average Bonchev–Trinajstić information content (AvgIpc) is 3.22. The van der Waals surface area contributed by atoms with Crippen molar-refractivity contribution in [3.63, 3.8) is 0 Å². The van der Waals surface area contributed by atoms with E-state index in [1.165, 1.54) is 0 Å². The van der Waals surface area contributed by atoms with Gasteiger partial charge >= 0.3 is 0 Å². The fourth-order valence-corrected chi connectivity index (χ4v) is 4.61. The SMILES string of the molecule is CC[C@H]1CSC2=N[C@@H](c3ccccn3)[C@@H](c3ccc(C)o3)N21. The van der Waals surface area contributed by atoms with Crippen LogP contribution in [0.4, 0.5) is 0 Å². The lowest BCUT2D eigenvalue weighted by Gasteiger charge is -2.30. The van der Waals surface area contributed by atoms with Crippen molar-refractivity contribution in [3.8, 4) is 0 Å². The van der Waals surface area contributed by atoms with Gasteiger partial charge in [0.15, 0.2) is 5.17 Å². The summed E-state index contributed by atoms with van der Waals surface area (Å²) in [5.74, 6) is 3.05. The fourth-order valence-electron chi connectivity index (χ4n) is 3.27. The van der Waals surface area contributed by atoms with Crippen molar-refractivity contribution in [1.82, 2.24) is 9.88 Å². The molecule has 0 spiro atoms. The van der Waals surface area contributed by atoms with Crippen LogP contribution >= 0.6 is 11.8 Å². The second kappa shape index (κ2) is 5.47. The predicted octanol–water partition coefficient (Wildman–Crippen LogP) is 3.96. The standard InChI is InChI=1S/C17H19N3OS/c1-3-12-10-22-17-19-15(13-6-4-5-9-18-13)16(20(12)17)14-8-7-11(2)21-14/h4-9,12,15-16H,3,10H2,1-2H3/t12-,15-,16+/m0/s1. The maximum atomic E-state index is 5.97. The highest BCUT2D eigenvalue weighted by Crippen LogP contribution is 2.48. The Hall–Kier alpha value is -1.75. The molecule has 0 radical (unpaired) electrons. The number of pyridine rings is 1. The molecule has 0 unspecified atom stereocenters. The lowest BCUT2D eigenvalue weighted by molar-refractivity contribution is 0.223. The lowest BCUT2D eigenvalue weighted by atomic mass is 10.0. The summed E-state index contributed by atoms with van der Waals surface area (Å²) < 4.78 is 5.97. The Kier molecular flexibility index (Phi) is 3.45. The number of amidine groups is 1. The zero-order valence-electron chi connectivity index (χ0n) is 12.8. The molecule has 114 valence electrons. The third-order valence-electron chi connectivity index (χ3n) is 4.38. The second-order valence-electron chi connectivity index (χ2n) is 5.78. The number of nitrogens with zero attached hydrogens (tertiary/aromatic N) is 3. The number of furan rings is 1. The van der Waals surface area contributed by atoms with Gasteiger partial charge in [-0.15, -0.1) is 0 Å². The highest BCUT2D eigenvalue weighted by Gasteiger charge is 2.46. The molecule has 0 saturated carbocycles. The van der Waals surface area contributed by atoms with E-state index in [0.717, 1.165) is 34.6 Å². The molecular weight excluding hydrogens is 294 g/mol. The number of aromatic nitrogens is 1. The van der Waals surface area contributed by atoms with Crippen molar-refractivity contribution in [3.05, 3.63) is 53.7 Å². The molecular formula is C17H19N3OS. The third-order valence-corrected chi connectivity index (χ3v) is 5.51. The van der Waals surface area contributed by atoms with Crippen molar-refractivity contribution in [2.24, 2.45) is 4.99 Å². The molecule has 2 aliphatic rings. The van der Waals surface area contributed by atoms with Crippen molar-refractivity contribution >= 4 is 16.9 Å². The zero-order valence-corrected chi connectivity index (χ0v) is 13.6. The highest BCUT2D eigenvalue weighted by atomic mass is 32.2. The van der Waals surface area contributed by atoms with E-state index in [1.807, 2.05) is 43.1 Å². The number of rotatable bonds is 3. The lowest BCUT2D eigenvalue weighted by Crippen LogP contribution is -2.35. The number of fused-ring (bicyclic) bond motifs is 1. The van der Waals surface area contributed by atoms with E-state index in [2.05, 4.69) is 28.9 Å². The van der Waals surface area contributed by atoms with Gasteiger partial charge in [0.05, 0.1) is 5.69 Å². The van der Waals surface area contributed by atoms with Crippen molar-refractivity contribution in [1.29, 1.82) is 0 Å². The molecule has 2 aliphatic heterocycles. The molecule has 4 rings (SSSR count). The largest absolute Gasteiger partial charge is 0.464 e. The van der Waals surface area contributed by atoms with Gasteiger partial charge in [-0.2, -0.15) is 0 Å². The van der Waals surface area contributed by atoms with Gasteiger partial charge in [0, 0.05) is 18.0 Å². The summed E-state index contributed by atoms with van der Waals surface area (Å²) in [4.78, 5) is 12.0. The minimum absolute atomic E-state index is 0.0172. The summed E-state index contributed by atoms with van der Waals surface area (Å²) in [7, 11) is 0. The minimum atomic E-state index is 0.0172. The number of aryl methyl sites for hydroxylation is 1. The molecule has 4 nitrogen and oxygen atoms in total. The molecule has 1 fully saturated rings. The zero-order chi connectivity index (χ0) is 15.1. The number of hydrogen-bond acceptors (Lipinski definition) is 5. The Labute approximate surface area is 134 Å². The Morgan fingerprint density at radius 2 is 2.23 bits per heavy atom. The maximum Gasteiger partial charge on any atom is 0.161 e. The summed E-state index contributed by atoms with van der Waals surface area (Å²) in [5, 5.41) is 1.14. The van der Waals surface area contributed by atoms with Crippen LogP contribution in [-0.2, 0) is 0 Å². The molecule has 0 N–H and O–H groups in total. The van der Waals surface area contributed by atoms with Gasteiger partial charge < -0.3 is 9.32 Å². The number of thioether (sulfide) groups is 1. The van der Waals surface area contributed by atoms with Crippen LogP contribution in [0.25, 0.3) is 0 Å². The molecule has 0 bridgehead atoms. The highest BCUT2D eigenvalue weighted by molar-refractivity contribution is 8.14. The Morgan fingerprint density at radius 1 is 1.32 bits per heavy atom. The van der Waals surface area contributed by atoms with Crippen LogP contribution in [0.15, 0.2) is 45.9 Å². The summed E-state index contributed by atoms with van der Waals surface area (Å²) in [6, 6.07) is 10.8. The van der Waals surface area contributed by atoms with Crippen LogP contribution in [0.1, 0.15) is 42.6 Å². The maximum absolute atomic E-state index is 5.97. The van der Waals surface area contributed by atoms with Crippen LogP contribution in [0, 0.1) is 6.92 Å². The number of hydrogen-bond donors (Lipinski definition) is 0. The molecule has 0 amide bonds. The monoisotopic (exact) mass is 313 g/mol. The molecule has 5 heteroatoms. The molecule has 4 heterocycles. The summed E-state index contributed by atoms with van der Waals surface area (Å²) in [5.41, 5.74) is 1.01. The van der Waals surface area contributed by atoms with Crippen molar-refractivity contribution in [2.45, 2.75) is 38.4 Å². The topological polar surface area (TPSA) is 41.6 Å². The van der Waals surface area contributed by atoms with Gasteiger partial charge in [0.1, 0.15) is 23.6 Å². The molecule has 1 saturated heterocycles. The van der Waals surface area contributed by atoms with E-state index in [4.69, 9.17) is 9.41 Å². The van der Waals surface area contributed by atoms with E-state index < -0.39 is 0 Å².